The molecule has 5 nitrogen and oxygen atoms in total. The van der Waals surface area contributed by atoms with Gasteiger partial charge in [-0.25, -0.2) is 0 Å². The van der Waals surface area contributed by atoms with Gasteiger partial charge in [-0.15, -0.1) is 0 Å². The number of carbonyl (C=O) groups is 1. The third kappa shape index (κ3) is 3.35. The summed E-state index contributed by atoms with van der Waals surface area (Å²) < 4.78 is 0. The van der Waals surface area contributed by atoms with Gasteiger partial charge >= 0.3 is 0 Å². The summed E-state index contributed by atoms with van der Waals surface area (Å²) in [6, 6.07) is 3.66. The first-order valence-corrected chi connectivity index (χ1v) is 5.40. The lowest BCUT2D eigenvalue weighted by atomic mass is 10.1. The standard InChI is InChI=1S/C12H17NO4/c1-8(2)13(3-4-14)12(17)9-5-10(15)7-11(16)6-9/h5-8,14-16H,3-4H2,1-2H3. The number of aromatic hydroxyl groups is 2. The number of benzene rings is 1. The normalized spacial score (nSPS) is 10.6. The Bertz CT molecular complexity index is 383. The minimum absolute atomic E-state index is 0.0702. The van der Waals surface area contributed by atoms with Gasteiger partial charge in [0.25, 0.3) is 5.91 Å². The third-order valence-electron chi connectivity index (χ3n) is 2.37. The van der Waals surface area contributed by atoms with Crippen molar-refractivity contribution in [3.63, 3.8) is 0 Å². The van der Waals surface area contributed by atoms with Crippen LogP contribution in [0.15, 0.2) is 18.2 Å². The van der Waals surface area contributed by atoms with E-state index in [1.54, 1.807) is 0 Å². The van der Waals surface area contributed by atoms with E-state index in [4.69, 9.17) is 5.11 Å². The lowest BCUT2D eigenvalue weighted by Gasteiger charge is -2.26. The molecular formula is C12H17NO4. The van der Waals surface area contributed by atoms with E-state index in [2.05, 4.69) is 0 Å². The zero-order chi connectivity index (χ0) is 13.0. The summed E-state index contributed by atoms with van der Waals surface area (Å²) in [4.78, 5) is 13.5. The molecule has 0 heterocycles. The van der Waals surface area contributed by atoms with Crippen LogP contribution in [-0.2, 0) is 0 Å². The van der Waals surface area contributed by atoms with Crippen LogP contribution in [0.2, 0.25) is 0 Å². The van der Waals surface area contributed by atoms with E-state index in [1.165, 1.54) is 17.0 Å². The van der Waals surface area contributed by atoms with Crippen molar-refractivity contribution in [1.82, 2.24) is 4.90 Å². The number of carbonyl (C=O) groups excluding carboxylic acids is 1. The number of phenolic OH excluding ortho intramolecular Hbond substituents is 2. The van der Waals surface area contributed by atoms with Gasteiger partial charge in [0.2, 0.25) is 0 Å². The number of hydrogen-bond acceptors (Lipinski definition) is 4. The summed E-state index contributed by atoms with van der Waals surface area (Å²) in [5, 5.41) is 27.5. The Balaban J connectivity index is 3.00. The van der Waals surface area contributed by atoms with Gasteiger partial charge in [-0.2, -0.15) is 0 Å². The Morgan fingerprint density at radius 3 is 2.18 bits per heavy atom. The predicted octanol–water partition coefficient (Wildman–Crippen LogP) is 0.941. The predicted molar refractivity (Wildman–Crippen MR) is 63.0 cm³/mol. The Kier molecular flexibility index (Phi) is 4.34. The largest absolute Gasteiger partial charge is 0.508 e. The SMILES string of the molecule is CC(C)N(CCO)C(=O)c1cc(O)cc(O)c1. The molecule has 0 saturated heterocycles. The Morgan fingerprint density at radius 2 is 1.76 bits per heavy atom. The second-order valence-corrected chi connectivity index (χ2v) is 4.05. The number of aliphatic hydroxyl groups excluding tert-OH is 1. The van der Waals surface area contributed by atoms with Crippen LogP contribution >= 0.6 is 0 Å². The number of nitrogens with zero attached hydrogens (tertiary/aromatic N) is 1. The summed E-state index contributed by atoms with van der Waals surface area (Å²) in [6.07, 6.45) is 0. The molecule has 0 bridgehead atoms. The van der Waals surface area contributed by atoms with E-state index in [0.29, 0.717) is 0 Å². The quantitative estimate of drug-likeness (QED) is 0.730. The fraction of sp³-hybridized carbons (Fsp3) is 0.417. The highest BCUT2D eigenvalue weighted by Crippen LogP contribution is 2.21. The van der Waals surface area contributed by atoms with Crippen molar-refractivity contribution in [3.05, 3.63) is 23.8 Å². The molecule has 0 radical (unpaired) electrons. The Labute approximate surface area is 99.9 Å². The van der Waals surface area contributed by atoms with Crippen LogP contribution in [-0.4, -0.2) is 45.3 Å². The van der Waals surface area contributed by atoms with E-state index >= 15 is 0 Å². The molecule has 1 aromatic carbocycles. The van der Waals surface area contributed by atoms with E-state index in [1.807, 2.05) is 13.8 Å². The average Bonchev–Trinajstić information content (AvgIpc) is 2.23. The maximum absolute atomic E-state index is 12.1. The number of amides is 1. The highest BCUT2D eigenvalue weighted by atomic mass is 16.3. The first-order chi connectivity index (χ1) is 7.95. The van der Waals surface area contributed by atoms with Gasteiger partial charge in [0.05, 0.1) is 6.61 Å². The van der Waals surface area contributed by atoms with E-state index in [0.717, 1.165) is 6.07 Å². The first-order valence-electron chi connectivity index (χ1n) is 5.40. The van der Waals surface area contributed by atoms with E-state index in [-0.39, 0.29) is 42.2 Å². The molecule has 5 heteroatoms. The number of rotatable bonds is 4. The van der Waals surface area contributed by atoms with Crippen molar-refractivity contribution in [1.29, 1.82) is 0 Å². The van der Waals surface area contributed by atoms with Crippen LogP contribution in [0.5, 0.6) is 11.5 Å². The molecule has 17 heavy (non-hydrogen) atoms. The summed E-state index contributed by atoms with van der Waals surface area (Å²) in [6.45, 7) is 3.74. The minimum atomic E-state index is -0.333. The number of aliphatic hydroxyl groups is 1. The van der Waals surface area contributed by atoms with Crippen molar-refractivity contribution in [2.45, 2.75) is 19.9 Å². The van der Waals surface area contributed by atoms with Crippen LogP contribution in [0, 0.1) is 0 Å². The second kappa shape index (κ2) is 5.54. The van der Waals surface area contributed by atoms with Crippen molar-refractivity contribution in [2.24, 2.45) is 0 Å². The van der Waals surface area contributed by atoms with E-state index in [9.17, 15) is 15.0 Å². The van der Waals surface area contributed by atoms with Crippen LogP contribution in [0.25, 0.3) is 0 Å². The molecule has 0 spiro atoms. The van der Waals surface area contributed by atoms with Crippen LogP contribution in [0.1, 0.15) is 24.2 Å². The second-order valence-electron chi connectivity index (χ2n) is 4.05. The van der Waals surface area contributed by atoms with Gasteiger partial charge in [-0.05, 0) is 26.0 Å². The maximum atomic E-state index is 12.1. The van der Waals surface area contributed by atoms with Gasteiger partial charge in [0.1, 0.15) is 11.5 Å². The monoisotopic (exact) mass is 239 g/mol. The fourth-order valence-electron chi connectivity index (χ4n) is 1.59. The fourth-order valence-corrected chi connectivity index (χ4v) is 1.59. The Morgan fingerprint density at radius 1 is 1.24 bits per heavy atom. The highest BCUT2D eigenvalue weighted by Gasteiger charge is 2.19. The molecule has 0 aromatic heterocycles. The molecule has 0 fully saturated rings. The molecule has 0 saturated carbocycles. The van der Waals surface area contributed by atoms with Crippen LogP contribution in [0.3, 0.4) is 0 Å². The molecule has 0 atom stereocenters. The average molecular weight is 239 g/mol. The van der Waals surface area contributed by atoms with Crippen molar-refractivity contribution in [2.75, 3.05) is 13.2 Å². The van der Waals surface area contributed by atoms with Gasteiger partial charge in [0, 0.05) is 24.2 Å². The number of phenols is 2. The highest BCUT2D eigenvalue weighted by molar-refractivity contribution is 5.95. The molecule has 1 aromatic rings. The van der Waals surface area contributed by atoms with Gasteiger partial charge < -0.3 is 20.2 Å². The van der Waals surface area contributed by atoms with Crippen molar-refractivity contribution in [3.8, 4) is 11.5 Å². The maximum Gasteiger partial charge on any atom is 0.254 e. The molecule has 1 rings (SSSR count). The topological polar surface area (TPSA) is 81.0 Å². The zero-order valence-electron chi connectivity index (χ0n) is 9.92. The summed E-state index contributed by atoms with van der Waals surface area (Å²) in [5.41, 5.74) is 0.199. The minimum Gasteiger partial charge on any atom is -0.508 e. The smallest absolute Gasteiger partial charge is 0.254 e. The molecule has 0 aliphatic rings. The van der Waals surface area contributed by atoms with Gasteiger partial charge in [0.15, 0.2) is 0 Å². The Hall–Kier alpha value is -1.75. The van der Waals surface area contributed by atoms with Gasteiger partial charge in [-0.3, -0.25) is 4.79 Å². The number of hydrogen-bond donors (Lipinski definition) is 3. The molecule has 3 N–H and O–H groups in total. The summed E-state index contributed by atoms with van der Waals surface area (Å²) in [7, 11) is 0. The summed E-state index contributed by atoms with van der Waals surface area (Å²) >= 11 is 0. The molecular weight excluding hydrogens is 222 g/mol. The lowest BCUT2D eigenvalue weighted by molar-refractivity contribution is 0.0664. The van der Waals surface area contributed by atoms with Crippen LogP contribution < -0.4 is 0 Å². The van der Waals surface area contributed by atoms with Crippen LogP contribution in [0.4, 0.5) is 0 Å². The van der Waals surface area contributed by atoms with Crippen molar-refractivity contribution >= 4 is 5.91 Å². The molecule has 0 unspecified atom stereocenters. The third-order valence-corrected chi connectivity index (χ3v) is 2.37. The molecule has 1 amide bonds. The van der Waals surface area contributed by atoms with Gasteiger partial charge in [-0.1, -0.05) is 0 Å². The summed E-state index contributed by atoms with van der Waals surface area (Å²) in [5.74, 6) is -0.664. The first kappa shape index (κ1) is 13.3. The van der Waals surface area contributed by atoms with E-state index < -0.39 is 0 Å². The molecule has 94 valence electrons. The molecule has 0 aliphatic heterocycles. The molecule has 0 aliphatic carbocycles. The zero-order valence-corrected chi connectivity index (χ0v) is 9.92. The van der Waals surface area contributed by atoms with Crippen molar-refractivity contribution < 1.29 is 20.1 Å². The lowest BCUT2D eigenvalue weighted by Crippen LogP contribution is -2.38.